The first-order chi connectivity index (χ1) is 7.18. The molecular formula is C13H20N2. The monoisotopic (exact) mass is 204 g/mol. The standard InChI is InChI=1S/C13H20N2/c1-13(2)8-5-7-12(13)15-10-11-6-3-4-9-14-11/h3-4,6,9,12,15H,5,7-8,10H2,1-2H3. The summed E-state index contributed by atoms with van der Waals surface area (Å²) in [6.07, 6.45) is 5.86. The minimum atomic E-state index is 0.453. The van der Waals surface area contributed by atoms with Crippen LogP contribution in [0.4, 0.5) is 0 Å². The van der Waals surface area contributed by atoms with E-state index in [9.17, 15) is 0 Å². The Morgan fingerprint density at radius 2 is 2.33 bits per heavy atom. The van der Waals surface area contributed by atoms with Crippen LogP contribution in [-0.4, -0.2) is 11.0 Å². The van der Waals surface area contributed by atoms with Gasteiger partial charge in [0.05, 0.1) is 5.69 Å². The normalized spacial score (nSPS) is 24.3. The van der Waals surface area contributed by atoms with E-state index in [2.05, 4.69) is 30.2 Å². The molecular weight excluding hydrogens is 184 g/mol. The minimum absolute atomic E-state index is 0.453. The molecule has 1 N–H and O–H groups in total. The maximum Gasteiger partial charge on any atom is 0.0541 e. The van der Waals surface area contributed by atoms with Gasteiger partial charge in [-0.15, -0.1) is 0 Å². The predicted molar refractivity (Wildman–Crippen MR) is 62.5 cm³/mol. The molecule has 2 rings (SSSR count). The third kappa shape index (κ3) is 2.57. The van der Waals surface area contributed by atoms with E-state index in [4.69, 9.17) is 0 Å². The molecule has 1 aromatic rings. The highest BCUT2D eigenvalue weighted by molar-refractivity contribution is 5.04. The highest BCUT2D eigenvalue weighted by Gasteiger charge is 2.33. The van der Waals surface area contributed by atoms with Gasteiger partial charge in [-0.3, -0.25) is 4.98 Å². The highest BCUT2D eigenvalue weighted by Crippen LogP contribution is 2.37. The maximum atomic E-state index is 4.32. The Kier molecular flexibility index (Phi) is 3.06. The largest absolute Gasteiger partial charge is 0.308 e. The zero-order valence-electron chi connectivity index (χ0n) is 9.66. The van der Waals surface area contributed by atoms with Crippen LogP contribution in [0.1, 0.15) is 38.8 Å². The average Bonchev–Trinajstić information content (AvgIpc) is 2.56. The fourth-order valence-corrected chi connectivity index (χ4v) is 2.44. The second kappa shape index (κ2) is 4.31. The lowest BCUT2D eigenvalue weighted by molar-refractivity contribution is 0.282. The SMILES string of the molecule is CC1(C)CCCC1NCc1ccccn1. The van der Waals surface area contributed by atoms with Crippen LogP contribution < -0.4 is 5.32 Å². The van der Waals surface area contributed by atoms with Gasteiger partial charge in [0, 0.05) is 18.8 Å². The Balaban J connectivity index is 1.89. The van der Waals surface area contributed by atoms with Crippen molar-refractivity contribution in [1.29, 1.82) is 0 Å². The van der Waals surface area contributed by atoms with Crippen molar-refractivity contribution in [3.05, 3.63) is 30.1 Å². The number of rotatable bonds is 3. The van der Waals surface area contributed by atoms with E-state index in [-0.39, 0.29) is 0 Å². The molecule has 1 aliphatic carbocycles. The Labute approximate surface area is 92.1 Å². The Bertz CT molecular complexity index is 306. The molecule has 1 aromatic heterocycles. The van der Waals surface area contributed by atoms with Crippen LogP contribution in [0.3, 0.4) is 0 Å². The third-order valence-electron chi connectivity index (χ3n) is 3.51. The highest BCUT2D eigenvalue weighted by atomic mass is 15.0. The summed E-state index contributed by atoms with van der Waals surface area (Å²) in [7, 11) is 0. The van der Waals surface area contributed by atoms with E-state index in [1.54, 1.807) is 0 Å². The summed E-state index contributed by atoms with van der Waals surface area (Å²) >= 11 is 0. The van der Waals surface area contributed by atoms with E-state index < -0.39 is 0 Å². The molecule has 0 radical (unpaired) electrons. The molecule has 0 spiro atoms. The maximum absolute atomic E-state index is 4.32. The Morgan fingerprint density at radius 1 is 1.47 bits per heavy atom. The van der Waals surface area contributed by atoms with Crippen LogP contribution in [0.5, 0.6) is 0 Å². The summed E-state index contributed by atoms with van der Waals surface area (Å²) in [5, 5.41) is 3.63. The summed E-state index contributed by atoms with van der Waals surface area (Å²) in [4.78, 5) is 4.32. The van der Waals surface area contributed by atoms with Gasteiger partial charge in [0.2, 0.25) is 0 Å². The number of nitrogens with zero attached hydrogens (tertiary/aromatic N) is 1. The molecule has 0 aromatic carbocycles. The van der Waals surface area contributed by atoms with Gasteiger partial charge in [0.1, 0.15) is 0 Å². The number of nitrogens with one attached hydrogen (secondary N) is 1. The summed E-state index contributed by atoms with van der Waals surface area (Å²) in [5.41, 5.74) is 1.59. The lowest BCUT2D eigenvalue weighted by atomic mass is 9.87. The van der Waals surface area contributed by atoms with Crippen LogP contribution in [0.25, 0.3) is 0 Å². The molecule has 0 bridgehead atoms. The van der Waals surface area contributed by atoms with Crippen LogP contribution >= 0.6 is 0 Å². The summed E-state index contributed by atoms with van der Waals surface area (Å²) in [6.45, 7) is 5.61. The Morgan fingerprint density at radius 3 is 2.93 bits per heavy atom. The average molecular weight is 204 g/mol. The zero-order chi connectivity index (χ0) is 10.7. The van der Waals surface area contributed by atoms with Crippen molar-refractivity contribution >= 4 is 0 Å². The number of aromatic nitrogens is 1. The summed E-state index contributed by atoms with van der Waals surface area (Å²) in [5.74, 6) is 0. The molecule has 1 saturated carbocycles. The van der Waals surface area contributed by atoms with Gasteiger partial charge in [-0.2, -0.15) is 0 Å². The van der Waals surface area contributed by atoms with Crippen molar-refractivity contribution in [2.24, 2.45) is 5.41 Å². The zero-order valence-corrected chi connectivity index (χ0v) is 9.66. The second-order valence-corrected chi connectivity index (χ2v) is 5.14. The molecule has 1 aliphatic rings. The molecule has 2 heteroatoms. The molecule has 0 amide bonds. The molecule has 1 atom stereocenters. The first kappa shape index (κ1) is 10.6. The molecule has 1 unspecified atom stereocenters. The first-order valence-electron chi connectivity index (χ1n) is 5.82. The second-order valence-electron chi connectivity index (χ2n) is 5.14. The number of hydrogen-bond donors (Lipinski definition) is 1. The topological polar surface area (TPSA) is 24.9 Å². The smallest absolute Gasteiger partial charge is 0.0541 e. The van der Waals surface area contributed by atoms with Gasteiger partial charge in [-0.1, -0.05) is 26.3 Å². The summed E-state index contributed by atoms with van der Waals surface area (Å²) < 4.78 is 0. The van der Waals surface area contributed by atoms with Gasteiger partial charge in [-0.05, 0) is 30.4 Å². The molecule has 15 heavy (non-hydrogen) atoms. The third-order valence-corrected chi connectivity index (χ3v) is 3.51. The van der Waals surface area contributed by atoms with Gasteiger partial charge < -0.3 is 5.32 Å². The van der Waals surface area contributed by atoms with Crippen LogP contribution in [0.2, 0.25) is 0 Å². The molecule has 1 heterocycles. The van der Waals surface area contributed by atoms with Crippen molar-refractivity contribution in [3.8, 4) is 0 Å². The predicted octanol–water partition coefficient (Wildman–Crippen LogP) is 2.75. The van der Waals surface area contributed by atoms with Crippen LogP contribution in [0.15, 0.2) is 24.4 Å². The quantitative estimate of drug-likeness (QED) is 0.819. The van der Waals surface area contributed by atoms with E-state index in [0.717, 1.165) is 12.2 Å². The molecule has 0 aliphatic heterocycles. The van der Waals surface area contributed by atoms with Crippen molar-refractivity contribution in [3.63, 3.8) is 0 Å². The molecule has 1 fully saturated rings. The molecule has 2 nitrogen and oxygen atoms in total. The van der Waals surface area contributed by atoms with Crippen molar-refractivity contribution in [1.82, 2.24) is 10.3 Å². The van der Waals surface area contributed by atoms with E-state index in [0.29, 0.717) is 11.5 Å². The number of pyridine rings is 1. The van der Waals surface area contributed by atoms with Gasteiger partial charge in [0.25, 0.3) is 0 Å². The number of hydrogen-bond acceptors (Lipinski definition) is 2. The van der Waals surface area contributed by atoms with E-state index in [1.165, 1.54) is 19.3 Å². The van der Waals surface area contributed by atoms with Crippen LogP contribution in [-0.2, 0) is 6.54 Å². The van der Waals surface area contributed by atoms with E-state index >= 15 is 0 Å². The Hall–Kier alpha value is -0.890. The first-order valence-corrected chi connectivity index (χ1v) is 5.82. The van der Waals surface area contributed by atoms with Gasteiger partial charge >= 0.3 is 0 Å². The molecule has 0 saturated heterocycles. The lowest BCUT2D eigenvalue weighted by Crippen LogP contribution is -2.37. The fraction of sp³-hybridized carbons (Fsp3) is 0.615. The van der Waals surface area contributed by atoms with Crippen molar-refractivity contribution in [2.75, 3.05) is 0 Å². The fourth-order valence-electron chi connectivity index (χ4n) is 2.44. The van der Waals surface area contributed by atoms with Crippen molar-refractivity contribution < 1.29 is 0 Å². The van der Waals surface area contributed by atoms with E-state index in [1.807, 2.05) is 18.3 Å². The van der Waals surface area contributed by atoms with Gasteiger partial charge in [-0.25, -0.2) is 0 Å². The minimum Gasteiger partial charge on any atom is -0.308 e. The summed E-state index contributed by atoms with van der Waals surface area (Å²) in [6, 6.07) is 6.74. The van der Waals surface area contributed by atoms with Crippen molar-refractivity contribution in [2.45, 2.75) is 45.7 Å². The van der Waals surface area contributed by atoms with Crippen LogP contribution in [0, 0.1) is 5.41 Å². The lowest BCUT2D eigenvalue weighted by Gasteiger charge is -2.27. The van der Waals surface area contributed by atoms with Gasteiger partial charge in [0.15, 0.2) is 0 Å². The molecule has 82 valence electrons.